The lowest BCUT2D eigenvalue weighted by atomic mass is 10.1. The van der Waals surface area contributed by atoms with Crippen LogP contribution in [0.1, 0.15) is 40.7 Å². The summed E-state index contributed by atoms with van der Waals surface area (Å²) in [5, 5.41) is 5.65. The molecule has 0 aromatic heterocycles. The second-order valence-electron chi connectivity index (χ2n) is 7.38. The number of likely N-dealkylation sites (tertiary alicyclic amines) is 1. The molecule has 0 aliphatic carbocycles. The van der Waals surface area contributed by atoms with Gasteiger partial charge in [0.25, 0.3) is 11.8 Å². The van der Waals surface area contributed by atoms with E-state index >= 15 is 0 Å². The first-order chi connectivity index (χ1) is 13.7. The molecule has 2 aromatic carbocycles. The molecule has 0 saturated carbocycles. The average Bonchev–Trinajstić information content (AvgIpc) is 2.73. The number of carbonyl (C=O) groups excluding carboxylic acids is 2. The molecule has 2 aliphatic rings. The lowest BCUT2D eigenvalue weighted by Gasteiger charge is -2.26. The highest BCUT2D eigenvalue weighted by Crippen LogP contribution is 2.28. The zero-order valence-corrected chi connectivity index (χ0v) is 15.9. The van der Waals surface area contributed by atoms with Crippen LogP contribution in [-0.2, 0) is 17.9 Å². The number of nitrogens with zero attached hydrogens (tertiary/aromatic N) is 1. The lowest BCUT2D eigenvalue weighted by molar-refractivity contribution is -0.118. The molecule has 4 rings (SSSR count). The summed E-state index contributed by atoms with van der Waals surface area (Å²) >= 11 is 0. The summed E-state index contributed by atoms with van der Waals surface area (Å²) in [5.41, 5.74) is 3.39. The van der Waals surface area contributed by atoms with Gasteiger partial charge in [0.15, 0.2) is 6.61 Å². The summed E-state index contributed by atoms with van der Waals surface area (Å²) in [4.78, 5) is 26.4. The van der Waals surface area contributed by atoms with Crippen molar-refractivity contribution in [3.8, 4) is 5.75 Å². The average molecular weight is 379 g/mol. The molecule has 0 bridgehead atoms. The Labute approximate surface area is 164 Å². The first kappa shape index (κ1) is 18.5. The summed E-state index contributed by atoms with van der Waals surface area (Å²) in [6.07, 6.45) is 3.93. The van der Waals surface area contributed by atoms with E-state index in [-0.39, 0.29) is 18.4 Å². The van der Waals surface area contributed by atoms with Crippen LogP contribution < -0.4 is 15.4 Å². The van der Waals surface area contributed by atoms with Crippen molar-refractivity contribution < 1.29 is 14.3 Å². The normalized spacial score (nSPS) is 16.6. The standard InChI is InChI=1S/C22H25N3O3/c26-21-15-28-20-9-8-18(12-19(20)24-21)22(27)23-13-16-4-6-17(7-5-16)14-25-10-2-1-3-11-25/h4-9,12H,1-3,10-11,13-15H2,(H,23,27)(H,24,26). The minimum absolute atomic E-state index is 0.00625. The fourth-order valence-corrected chi connectivity index (χ4v) is 3.65. The number of anilines is 1. The van der Waals surface area contributed by atoms with Crippen molar-refractivity contribution >= 4 is 17.5 Å². The van der Waals surface area contributed by atoms with Crippen LogP contribution >= 0.6 is 0 Å². The Bertz CT molecular complexity index is 858. The van der Waals surface area contributed by atoms with Crippen LogP contribution in [0, 0.1) is 0 Å². The number of hydrogen-bond acceptors (Lipinski definition) is 4. The molecule has 2 aliphatic heterocycles. The molecule has 6 heteroatoms. The lowest BCUT2D eigenvalue weighted by Crippen LogP contribution is -2.29. The van der Waals surface area contributed by atoms with E-state index in [2.05, 4.69) is 39.8 Å². The number of nitrogens with one attached hydrogen (secondary N) is 2. The molecule has 1 fully saturated rings. The molecule has 0 unspecified atom stereocenters. The number of benzene rings is 2. The quantitative estimate of drug-likeness (QED) is 0.838. The van der Waals surface area contributed by atoms with Crippen LogP contribution in [0.4, 0.5) is 5.69 Å². The molecule has 2 aromatic rings. The zero-order chi connectivity index (χ0) is 19.3. The first-order valence-corrected chi connectivity index (χ1v) is 9.82. The summed E-state index contributed by atoms with van der Waals surface area (Å²) in [7, 11) is 0. The van der Waals surface area contributed by atoms with Gasteiger partial charge in [-0.05, 0) is 55.3 Å². The number of ether oxygens (including phenoxy) is 1. The Morgan fingerprint density at radius 1 is 1.04 bits per heavy atom. The number of hydrogen-bond donors (Lipinski definition) is 2. The highest BCUT2D eigenvalue weighted by molar-refractivity contribution is 5.99. The van der Waals surface area contributed by atoms with Crippen LogP contribution in [0.15, 0.2) is 42.5 Å². The van der Waals surface area contributed by atoms with Crippen LogP contribution in [0.5, 0.6) is 5.75 Å². The van der Waals surface area contributed by atoms with Crippen molar-refractivity contribution in [3.63, 3.8) is 0 Å². The largest absolute Gasteiger partial charge is 0.482 e. The Morgan fingerprint density at radius 2 is 1.79 bits per heavy atom. The SMILES string of the molecule is O=C1COc2ccc(C(=O)NCc3ccc(CN4CCCCC4)cc3)cc2N1. The highest BCUT2D eigenvalue weighted by Gasteiger charge is 2.17. The number of rotatable bonds is 5. The van der Waals surface area contributed by atoms with Crippen LogP contribution in [0.2, 0.25) is 0 Å². The third-order valence-electron chi connectivity index (χ3n) is 5.21. The third kappa shape index (κ3) is 4.51. The summed E-state index contributed by atoms with van der Waals surface area (Å²) < 4.78 is 5.32. The van der Waals surface area contributed by atoms with Gasteiger partial charge in [0.2, 0.25) is 0 Å². The number of piperidine rings is 1. The minimum atomic E-state index is -0.213. The summed E-state index contributed by atoms with van der Waals surface area (Å²) in [5.74, 6) is 0.190. The molecule has 1 saturated heterocycles. The van der Waals surface area contributed by atoms with E-state index < -0.39 is 0 Å². The highest BCUT2D eigenvalue weighted by atomic mass is 16.5. The van der Waals surface area contributed by atoms with Gasteiger partial charge in [0.05, 0.1) is 5.69 Å². The smallest absolute Gasteiger partial charge is 0.262 e. The van der Waals surface area contributed by atoms with Gasteiger partial charge in [0.1, 0.15) is 5.75 Å². The molecule has 0 spiro atoms. The maximum Gasteiger partial charge on any atom is 0.262 e. The minimum Gasteiger partial charge on any atom is -0.482 e. The van der Waals surface area contributed by atoms with Crippen LogP contribution in [0.25, 0.3) is 0 Å². The van der Waals surface area contributed by atoms with Gasteiger partial charge in [-0.3, -0.25) is 14.5 Å². The maximum absolute atomic E-state index is 12.4. The van der Waals surface area contributed by atoms with E-state index in [0.717, 1.165) is 12.1 Å². The van der Waals surface area contributed by atoms with E-state index in [1.165, 1.54) is 37.9 Å². The van der Waals surface area contributed by atoms with E-state index in [1.807, 2.05) is 0 Å². The van der Waals surface area contributed by atoms with Gasteiger partial charge in [-0.25, -0.2) is 0 Å². The molecular weight excluding hydrogens is 354 g/mol. The molecule has 2 N–H and O–H groups in total. The third-order valence-corrected chi connectivity index (χ3v) is 5.21. The number of carbonyl (C=O) groups is 2. The Morgan fingerprint density at radius 3 is 2.57 bits per heavy atom. The Kier molecular flexibility index (Phi) is 5.58. The molecule has 146 valence electrons. The number of amides is 2. The van der Waals surface area contributed by atoms with Gasteiger partial charge in [-0.1, -0.05) is 30.7 Å². The van der Waals surface area contributed by atoms with Crippen molar-refractivity contribution in [1.82, 2.24) is 10.2 Å². The predicted molar refractivity (Wildman–Crippen MR) is 107 cm³/mol. The summed E-state index contributed by atoms with van der Waals surface area (Å²) in [6, 6.07) is 13.5. The zero-order valence-electron chi connectivity index (χ0n) is 15.9. The molecule has 28 heavy (non-hydrogen) atoms. The predicted octanol–water partition coefficient (Wildman–Crippen LogP) is 2.93. The Balaban J connectivity index is 1.32. The van der Waals surface area contributed by atoms with E-state index in [4.69, 9.17) is 4.74 Å². The van der Waals surface area contributed by atoms with Crippen molar-refractivity contribution in [2.24, 2.45) is 0 Å². The van der Waals surface area contributed by atoms with Crippen molar-refractivity contribution in [2.45, 2.75) is 32.4 Å². The fraction of sp³-hybridized carbons (Fsp3) is 0.364. The van der Waals surface area contributed by atoms with Crippen molar-refractivity contribution in [3.05, 3.63) is 59.2 Å². The van der Waals surface area contributed by atoms with Crippen LogP contribution in [-0.4, -0.2) is 36.4 Å². The monoisotopic (exact) mass is 379 g/mol. The van der Waals surface area contributed by atoms with Gasteiger partial charge in [-0.2, -0.15) is 0 Å². The summed E-state index contributed by atoms with van der Waals surface area (Å²) in [6.45, 7) is 3.83. The number of fused-ring (bicyclic) bond motifs is 1. The van der Waals surface area contributed by atoms with Gasteiger partial charge < -0.3 is 15.4 Å². The second kappa shape index (κ2) is 8.44. The van der Waals surface area contributed by atoms with E-state index in [1.54, 1.807) is 18.2 Å². The van der Waals surface area contributed by atoms with Gasteiger partial charge in [0, 0.05) is 18.7 Å². The van der Waals surface area contributed by atoms with Crippen LogP contribution in [0.3, 0.4) is 0 Å². The van der Waals surface area contributed by atoms with Gasteiger partial charge in [-0.15, -0.1) is 0 Å². The molecule has 0 atom stereocenters. The van der Waals surface area contributed by atoms with E-state index in [9.17, 15) is 9.59 Å². The first-order valence-electron chi connectivity index (χ1n) is 9.82. The molecule has 2 amide bonds. The molecular formula is C22H25N3O3. The molecule has 6 nitrogen and oxygen atoms in total. The van der Waals surface area contributed by atoms with Gasteiger partial charge >= 0.3 is 0 Å². The van der Waals surface area contributed by atoms with E-state index in [0.29, 0.717) is 23.5 Å². The fourth-order valence-electron chi connectivity index (χ4n) is 3.65. The topological polar surface area (TPSA) is 70.7 Å². The molecule has 0 radical (unpaired) electrons. The van der Waals surface area contributed by atoms with Crippen molar-refractivity contribution in [1.29, 1.82) is 0 Å². The second-order valence-corrected chi connectivity index (χ2v) is 7.38. The maximum atomic E-state index is 12.4. The Hall–Kier alpha value is -2.86. The van der Waals surface area contributed by atoms with Crippen molar-refractivity contribution in [2.75, 3.05) is 25.0 Å². The molecule has 2 heterocycles.